The number of guanidine groups is 1. The van der Waals surface area contributed by atoms with Crippen molar-refractivity contribution in [1.29, 1.82) is 0 Å². The quantitative estimate of drug-likeness (QED) is 0.429. The topological polar surface area (TPSA) is 67.1 Å². The first kappa shape index (κ1) is 18.5. The van der Waals surface area contributed by atoms with Gasteiger partial charge in [-0.1, -0.05) is 0 Å². The van der Waals surface area contributed by atoms with Crippen molar-refractivity contribution in [1.82, 2.24) is 25.4 Å². The number of aliphatic imine (C=N–C) groups is 1. The lowest BCUT2D eigenvalue weighted by Crippen LogP contribution is -2.43. The maximum Gasteiger partial charge on any atom is 0.191 e. The molecule has 2 heterocycles. The summed E-state index contributed by atoms with van der Waals surface area (Å²) in [7, 11) is 1.93. The molecule has 1 fully saturated rings. The lowest BCUT2D eigenvalue weighted by atomic mass is 10.1. The van der Waals surface area contributed by atoms with Gasteiger partial charge in [-0.3, -0.25) is 0 Å². The first-order valence-electron chi connectivity index (χ1n) is 7.12. The maximum absolute atomic E-state index is 4.57. The molecule has 0 radical (unpaired) electrons. The highest BCUT2D eigenvalue weighted by Crippen LogP contribution is 2.36. The number of aromatic nitrogens is 3. The summed E-state index contributed by atoms with van der Waals surface area (Å²) >= 11 is 2.05. The van der Waals surface area contributed by atoms with Crippen molar-refractivity contribution in [3.8, 4) is 0 Å². The van der Waals surface area contributed by atoms with Crippen LogP contribution in [0.1, 0.15) is 32.5 Å². The Labute approximate surface area is 148 Å². The SMILES string of the molecule is CCNC(=NCc1nncn1C)NCC1(C)CCCS1.I. The Morgan fingerprint density at radius 1 is 1.52 bits per heavy atom. The Morgan fingerprint density at radius 3 is 2.90 bits per heavy atom. The number of aryl methyl sites for hydroxylation is 1. The van der Waals surface area contributed by atoms with Gasteiger partial charge in [0.25, 0.3) is 0 Å². The second kappa shape index (κ2) is 8.82. The monoisotopic (exact) mass is 424 g/mol. The molecule has 21 heavy (non-hydrogen) atoms. The molecule has 0 aromatic carbocycles. The van der Waals surface area contributed by atoms with Crippen LogP contribution >= 0.6 is 35.7 Å². The second-order valence-corrected chi connectivity index (χ2v) is 6.99. The van der Waals surface area contributed by atoms with Crippen LogP contribution in [0.15, 0.2) is 11.3 Å². The number of nitrogens with zero attached hydrogens (tertiary/aromatic N) is 4. The minimum Gasteiger partial charge on any atom is -0.357 e. The van der Waals surface area contributed by atoms with Gasteiger partial charge in [-0.2, -0.15) is 11.8 Å². The van der Waals surface area contributed by atoms with Crippen LogP contribution in [0.2, 0.25) is 0 Å². The van der Waals surface area contributed by atoms with E-state index in [1.807, 2.05) is 11.6 Å². The largest absolute Gasteiger partial charge is 0.357 e. The molecule has 0 amide bonds. The number of hydrogen-bond donors (Lipinski definition) is 2. The van der Waals surface area contributed by atoms with Gasteiger partial charge in [0, 0.05) is 24.9 Å². The fourth-order valence-corrected chi connectivity index (χ4v) is 3.43. The summed E-state index contributed by atoms with van der Waals surface area (Å²) in [5.74, 6) is 2.98. The predicted octanol–water partition coefficient (Wildman–Crippen LogP) is 1.77. The van der Waals surface area contributed by atoms with Crippen LogP contribution in [-0.2, 0) is 13.6 Å². The van der Waals surface area contributed by atoms with Crippen LogP contribution in [0.4, 0.5) is 0 Å². The van der Waals surface area contributed by atoms with Gasteiger partial charge in [0.15, 0.2) is 11.8 Å². The van der Waals surface area contributed by atoms with E-state index in [-0.39, 0.29) is 24.0 Å². The lowest BCUT2D eigenvalue weighted by molar-refractivity contribution is 0.584. The molecule has 6 nitrogen and oxygen atoms in total. The fraction of sp³-hybridized carbons (Fsp3) is 0.769. The molecule has 0 bridgehead atoms. The predicted molar refractivity (Wildman–Crippen MR) is 99.3 cm³/mol. The number of halogens is 1. The summed E-state index contributed by atoms with van der Waals surface area (Å²) in [6.07, 6.45) is 4.28. The highest BCUT2D eigenvalue weighted by atomic mass is 127. The van der Waals surface area contributed by atoms with Crippen LogP contribution in [-0.4, -0.2) is 44.3 Å². The minimum atomic E-state index is 0. The van der Waals surface area contributed by atoms with Crippen LogP contribution in [0.5, 0.6) is 0 Å². The molecule has 8 heteroatoms. The summed E-state index contributed by atoms with van der Waals surface area (Å²) in [6.45, 7) is 6.74. The number of nitrogens with one attached hydrogen (secondary N) is 2. The van der Waals surface area contributed by atoms with Crippen molar-refractivity contribution >= 4 is 41.7 Å². The maximum atomic E-state index is 4.57. The number of thioether (sulfide) groups is 1. The fourth-order valence-electron chi connectivity index (χ4n) is 2.19. The molecule has 1 aromatic rings. The van der Waals surface area contributed by atoms with E-state index >= 15 is 0 Å². The van der Waals surface area contributed by atoms with Gasteiger partial charge in [-0.05, 0) is 32.4 Å². The first-order valence-corrected chi connectivity index (χ1v) is 8.10. The van der Waals surface area contributed by atoms with E-state index in [2.05, 4.69) is 51.4 Å². The average molecular weight is 424 g/mol. The molecule has 2 N–H and O–H groups in total. The van der Waals surface area contributed by atoms with Crippen molar-refractivity contribution in [2.24, 2.45) is 12.0 Å². The molecule has 0 saturated carbocycles. The van der Waals surface area contributed by atoms with E-state index in [0.717, 1.165) is 24.9 Å². The summed E-state index contributed by atoms with van der Waals surface area (Å²) in [5.41, 5.74) is 0. The van der Waals surface area contributed by atoms with E-state index in [0.29, 0.717) is 11.3 Å². The lowest BCUT2D eigenvalue weighted by Gasteiger charge is -2.24. The third-order valence-corrected chi connectivity index (χ3v) is 5.00. The molecule has 0 aliphatic carbocycles. The molecule has 0 spiro atoms. The smallest absolute Gasteiger partial charge is 0.191 e. The first-order chi connectivity index (χ1) is 9.63. The van der Waals surface area contributed by atoms with Crippen molar-refractivity contribution in [2.75, 3.05) is 18.8 Å². The third-order valence-electron chi connectivity index (χ3n) is 3.46. The molecule has 120 valence electrons. The van der Waals surface area contributed by atoms with Gasteiger partial charge in [-0.15, -0.1) is 34.2 Å². The number of rotatable bonds is 5. The zero-order chi connectivity index (χ0) is 14.4. The van der Waals surface area contributed by atoms with E-state index in [1.165, 1.54) is 18.6 Å². The van der Waals surface area contributed by atoms with Crippen molar-refractivity contribution < 1.29 is 0 Å². The standard InChI is InChI=1S/C13H24N6S.HI/c1-4-14-12(15-8-11-18-17-10-19(11)3)16-9-13(2)6-5-7-20-13;/h10H,4-9H2,1-3H3,(H2,14,15,16);1H. The Bertz CT molecular complexity index is 455. The average Bonchev–Trinajstić information content (AvgIpc) is 3.03. The van der Waals surface area contributed by atoms with Crippen molar-refractivity contribution in [3.05, 3.63) is 12.2 Å². The highest BCUT2D eigenvalue weighted by molar-refractivity contribution is 14.0. The van der Waals surface area contributed by atoms with E-state index in [9.17, 15) is 0 Å². The zero-order valence-electron chi connectivity index (χ0n) is 12.9. The molecule has 1 aliphatic heterocycles. The van der Waals surface area contributed by atoms with Crippen molar-refractivity contribution in [2.45, 2.75) is 38.0 Å². The van der Waals surface area contributed by atoms with Gasteiger partial charge in [0.05, 0.1) is 0 Å². The Hall–Kier alpha value is -0.510. The summed E-state index contributed by atoms with van der Waals surface area (Å²) in [6, 6.07) is 0. The van der Waals surface area contributed by atoms with Crippen LogP contribution in [0.25, 0.3) is 0 Å². The van der Waals surface area contributed by atoms with Crippen molar-refractivity contribution in [3.63, 3.8) is 0 Å². The molecule has 1 atom stereocenters. The Balaban J connectivity index is 0.00000220. The highest BCUT2D eigenvalue weighted by Gasteiger charge is 2.29. The molecular weight excluding hydrogens is 399 g/mol. The van der Waals surface area contributed by atoms with Gasteiger partial charge in [-0.25, -0.2) is 4.99 Å². The number of hydrogen-bond acceptors (Lipinski definition) is 4. The zero-order valence-corrected chi connectivity index (χ0v) is 16.1. The molecule has 1 aromatic heterocycles. The second-order valence-electron chi connectivity index (χ2n) is 5.31. The third kappa shape index (κ3) is 5.65. The Morgan fingerprint density at radius 2 is 2.33 bits per heavy atom. The molecular formula is C13H25IN6S. The van der Waals surface area contributed by atoms with E-state index in [4.69, 9.17) is 0 Å². The van der Waals surface area contributed by atoms with Crippen LogP contribution in [0, 0.1) is 0 Å². The van der Waals surface area contributed by atoms with Gasteiger partial charge in [0.2, 0.25) is 0 Å². The van der Waals surface area contributed by atoms with Gasteiger partial charge >= 0.3 is 0 Å². The van der Waals surface area contributed by atoms with Crippen LogP contribution < -0.4 is 10.6 Å². The van der Waals surface area contributed by atoms with E-state index in [1.54, 1.807) is 6.33 Å². The molecule has 2 rings (SSSR count). The Kier molecular flexibility index (Phi) is 7.78. The minimum absolute atomic E-state index is 0. The molecule has 1 unspecified atom stereocenters. The summed E-state index contributed by atoms with van der Waals surface area (Å²) < 4.78 is 2.22. The summed E-state index contributed by atoms with van der Waals surface area (Å²) in [5, 5.41) is 14.6. The van der Waals surface area contributed by atoms with E-state index < -0.39 is 0 Å². The normalized spacial score (nSPS) is 22.0. The molecule has 1 saturated heterocycles. The molecule has 1 aliphatic rings. The van der Waals surface area contributed by atoms with Crippen LogP contribution in [0.3, 0.4) is 0 Å². The van der Waals surface area contributed by atoms with Gasteiger partial charge in [0.1, 0.15) is 12.9 Å². The summed E-state index contributed by atoms with van der Waals surface area (Å²) in [4.78, 5) is 4.57. The van der Waals surface area contributed by atoms with Gasteiger partial charge < -0.3 is 15.2 Å².